The van der Waals surface area contributed by atoms with Gasteiger partial charge in [-0.3, -0.25) is 0 Å². The zero-order valence-corrected chi connectivity index (χ0v) is 7.75. The number of H-pyrrole nitrogens is 1. The number of rotatable bonds is 1. The van der Waals surface area contributed by atoms with Gasteiger partial charge in [0.2, 0.25) is 0 Å². The van der Waals surface area contributed by atoms with Crippen LogP contribution in [0.5, 0.6) is 0 Å². The second-order valence-corrected chi connectivity index (χ2v) is 2.93. The fourth-order valence-electron chi connectivity index (χ4n) is 1.02. The average molecular weight is 208 g/mol. The van der Waals surface area contributed by atoms with Gasteiger partial charge in [-0.05, 0) is 12.2 Å². The third kappa shape index (κ3) is 1.64. The van der Waals surface area contributed by atoms with Crippen molar-refractivity contribution in [1.29, 1.82) is 0 Å². The maximum Gasteiger partial charge on any atom is 0.197 e. The van der Waals surface area contributed by atoms with E-state index >= 15 is 0 Å². The largest absolute Gasteiger partial charge is 0.328 e. The van der Waals surface area contributed by atoms with Crippen LogP contribution in [0.1, 0.15) is 0 Å². The van der Waals surface area contributed by atoms with E-state index in [0.717, 1.165) is 6.20 Å². The molecule has 4 nitrogen and oxygen atoms in total. The fourth-order valence-corrected chi connectivity index (χ4v) is 1.17. The van der Waals surface area contributed by atoms with Gasteiger partial charge in [0.15, 0.2) is 10.6 Å². The van der Waals surface area contributed by atoms with Crippen molar-refractivity contribution >= 4 is 12.2 Å². The molecule has 6 heteroatoms. The van der Waals surface area contributed by atoms with E-state index in [-0.39, 0.29) is 10.5 Å². The highest BCUT2D eigenvalue weighted by Gasteiger charge is 2.05. The Kier molecular flexibility index (Phi) is 2.28. The molecule has 0 amide bonds. The topological polar surface area (TPSA) is 54.5 Å². The van der Waals surface area contributed by atoms with E-state index in [1.807, 2.05) is 0 Å². The number of hydrogen-bond acceptors (Lipinski definition) is 4. The molecule has 1 N–H and O–H groups in total. The molecule has 0 fully saturated rings. The van der Waals surface area contributed by atoms with Gasteiger partial charge < -0.3 is 4.98 Å². The minimum absolute atomic E-state index is 0.227. The first-order valence-electron chi connectivity index (χ1n) is 3.77. The van der Waals surface area contributed by atoms with Gasteiger partial charge >= 0.3 is 0 Å². The van der Waals surface area contributed by atoms with Gasteiger partial charge in [0.25, 0.3) is 0 Å². The van der Waals surface area contributed by atoms with Crippen LogP contribution in [0.2, 0.25) is 0 Å². The van der Waals surface area contributed by atoms with Crippen LogP contribution in [0, 0.1) is 10.6 Å². The molecule has 0 saturated heterocycles. The maximum absolute atomic E-state index is 13.3. The number of nitrogens with zero attached hydrogens (tertiary/aromatic N) is 3. The van der Waals surface area contributed by atoms with Crippen LogP contribution >= 0.6 is 12.2 Å². The van der Waals surface area contributed by atoms with E-state index in [4.69, 9.17) is 12.2 Å². The molecule has 70 valence electrons. The van der Waals surface area contributed by atoms with Crippen molar-refractivity contribution in [3.63, 3.8) is 0 Å². The van der Waals surface area contributed by atoms with Crippen molar-refractivity contribution < 1.29 is 4.39 Å². The van der Waals surface area contributed by atoms with Crippen LogP contribution < -0.4 is 0 Å². The smallest absolute Gasteiger partial charge is 0.197 e. The number of aromatic amines is 1. The average Bonchev–Trinajstić information content (AvgIpc) is 2.23. The van der Waals surface area contributed by atoms with Crippen LogP contribution in [-0.4, -0.2) is 19.9 Å². The molecule has 14 heavy (non-hydrogen) atoms. The van der Waals surface area contributed by atoms with Crippen molar-refractivity contribution in [2.45, 2.75) is 0 Å². The summed E-state index contributed by atoms with van der Waals surface area (Å²) in [6, 6.07) is 0. The fraction of sp³-hybridized carbons (Fsp3) is 0. The number of halogens is 1. The SMILES string of the molecule is Fc1cnc(=S)[nH]c1-c1cncnc1. The summed E-state index contributed by atoms with van der Waals surface area (Å²) in [5, 5.41) is 0. The van der Waals surface area contributed by atoms with Crippen LogP contribution in [-0.2, 0) is 0 Å². The molecule has 0 unspecified atom stereocenters. The summed E-state index contributed by atoms with van der Waals surface area (Å²) in [7, 11) is 0. The normalized spacial score (nSPS) is 10.1. The van der Waals surface area contributed by atoms with Crippen molar-refractivity contribution in [1.82, 2.24) is 19.9 Å². The molecule has 0 atom stereocenters. The minimum Gasteiger partial charge on any atom is -0.328 e. The van der Waals surface area contributed by atoms with Crippen LogP contribution in [0.3, 0.4) is 0 Å². The Balaban J connectivity index is 2.62. The second-order valence-electron chi connectivity index (χ2n) is 2.54. The Morgan fingerprint density at radius 1 is 1.21 bits per heavy atom. The molecule has 2 aromatic rings. The van der Waals surface area contributed by atoms with Crippen molar-refractivity contribution in [2.24, 2.45) is 0 Å². The van der Waals surface area contributed by atoms with Crippen molar-refractivity contribution in [3.8, 4) is 11.3 Å². The van der Waals surface area contributed by atoms with E-state index in [9.17, 15) is 4.39 Å². The summed E-state index contributed by atoms with van der Waals surface area (Å²) in [6.45, 7) is 0. The zero-order chi connectivity index (χ0) is 9.97. The quantitative estimate of drug-likeness (QED) is 0.725. The summed E-state index contributed by atoms with van der Waals surface area (Å²) < 4.78 is 13.5. The van der Waals surface area contributed by atoms with Crippen molar-refractivity contribution in [2.75, 3.05) is 0 Å². The van der Waals surface area contributed by atoms with Gasteiger partial charge in [-0.25, -0.2) is 19.3 Å². The third-order valence-electron chi connectivity index (χ3n) is 1.62. The van der Waals surface area contributed by atoms with Gasteiger partial charge in [-0.15, -0.1) is 0 Å². The molecule has 0 aliphatic rings. The highest BCUT2D eigenvalue weighted by atomic mass is 32.1. The van der Waals surface area contributed by atoms with Crippen molar-refractivity contribution in [3.05, 3.63) is 35.5 Å². The molecule has 2 rings (SSSR count). The number of hydrogen-bond donors (Lipinski definition) is 1. The molecule has 2 aromatic heterocycles. The van der Waals surface area contributed by atoms with E-state index in [0.29, 0.717) is 5.56 Å². The van der Waals surface area contributed by atoms with E-state index < -0.39 is 5.82 Å². The van der Waals surface area contributed by atoms with Gasteiger partial charge in [0.05, 0.1) is 11.9 Å². The monoisotopic (exact) mass is 208 g/mol. The predicted octanol–water partition coefficient (Wildman–Crippen LogP) is 1.74. The second kappa shape index (κ2) is 3.59. The molecular weight excluding hydrogens is 203 g/mol. The number of nitrogens with one attached hydrogen (secondary N) is 1. The summed E-state index contributed by atoms with van der Waals surface area (Å²) >= 11 is 4.79. The Bertz CT molecular complexity index is 496. The first-order chi connectivity index (χ1) is 6.77. The Morgan fingerprint density at radius 3 is 2.64 bits per heavy atom. The summed E-state index contributed by atoms with van der Waals surface area (Å²) in [5.74, 6) is -0.478. The van der Waals surface area contributed by atoms with Crippen LogP contribution in [0.4, 0.5) is 4.39 Å². The third-order valence-corrected chi connectivity index (χ3v) is 1.82. The molecule has 0 aliphatic heterocycles. The first-order valence-corrected chi connectivity index (χ1v) is 4.18. The first kappa shape index (κ1) is 8.89. The van der Waals surface area contributed by atoms with Crippen LogP contribution in [0.25, 0.3) is 11.3 Å². The van der Waals surface area contributed by atoms with Gasteiger partial charge in [-0.2, -0.15) is 0 Å². The zero-order valence-electron chi connectivity index (χ0n) is 6.94. The van der Waals surface area contributed by atoms with Gasteiger partial charge in [0, 0.05) is 18.0 Å². The standard InChI is InChI=1S/C8H5FN4S/c9-6-3-12-8(14)13-7(6)5-1-10-4-11-2-5/h1-4H,(H,12,13,14). The van der Waals surface area contributed by atoms with E-state index in [1.165, 1.54) is 18.7 Å². The molecule has 0 saturated carbocycles. The summed E-state index contributed by atoms with van der Waals surface area (Å²) in [4.78, 5) is 13.8. The van der Waals surface area contributed by atoms with E-state index in [2.05, 4.69) is 19.9 Å². The lowest BCUT2D eigenvalue weighted by Gasteiger charge is -2.00. The highest BCUT2D eigenvalue weighted by Crippen LogP contribution is 2.16. The molecule has 2 heterocycles. The maximum atomic E-state index is 13.3. The molecule has 0 aliphatic carbocycles. The molecule has 0 bridgehead atoms. The minimum atomic E-state index is -0.478. The molecule has 0 aromatic carbocycles. The lowest BCUT2D eigenvalue weighted by atomic mass is 10.2. The lowest BCUT2D eigenvalue weighted by molar-refractivity contribution is 0.617. The number of aromatic nitrogens is 4. The molecular formula is C8H5FN4S. The summed E-state index contributed by atoms with van der Waals surface area (Å²) in [5.41, 5.74) is 0.795. The van der Waals surface area contributed by atoms with Gasteiger partial charge in [0.1, 0.15) is 6.33 Å². The Labute approximate surface area is 83.9 Å². The predicted molar refractivity (Wildman–Crippen MR) is 50.4 cm³/mol. The van der Waals surface area contributed by atoms with E-state index in [1.54, 1.807) is 0 Å². The molecule has 0 radical (unpaired) electrons. The Hall–Kier alpha value is -1.69. The Morgan fingerprint density at radius 2 is 1.93 bits per heavy atom. The van der Waals surface area contributed by atoms with Crippen LogP contribution in [0.15, 0.2) is 24.9 Å². The molecule has 0 spiro atoms. The summed E-state index contributed by atoms with van der Waals surface area (Å²) in [6.07, 6.45) is 5.44. The highest BCUT2D eigenvalue weighted by molar-refractivity contribution is 7.71. The van der Waals surface area contributed by atoms with Gasteiger partial charge in [-0.1, -0.05) is 0 Å². The lowest BCUT2D eigenvalue weighted by Crippen LogP contribution is -1.93.